The van der Waals surface area contributed by atoms with E-state index in [0.717, 1.165) is 24.8 Å². The van der Waals surface area contributed by atoms with Crippen LogP contribution in [0.15, 0.2) is 18.2 Å². The fourth-order valence-electron chi connectivity index (χ4n) is 2.38. The van der Waals surface area contributed by atoms with E-state index in [9.17, 15) is 4.79 Å². The second-order valence-electron chi connectivity index (χ2n) is 5.81. The zero-order chi connectivity index (χ0) is 14.8. The molecule has 0 spiro atoms. The molecule has 1 aromatic rings. The van der Waals surface area contributed by atoms with E-state index < -0.39 is 5.54 Å². The average Bonchev–Trinajstić information content (AvgIpc) is 2.35. The van der Waals surface area contributed by atoms with Gasteiger partial charge in [-0.2, -0.15) is 0 Å². The van der Waals surface area contributed by atoms with Gasteiger partial charge in [-0.1, -0.05) is 12.5 Å². The molecule has 20 heavy (non-hydrogen) atoms. The molecule has 2 rings (SSSR count). The molecule has 0 atom stereocenters. The Morgan fingerprint density at radius 3 is 2.35 bits per heavy atom. The zero-order valence-corrected chi connectivity index (χ0v) is 12.7. The van der Waals surface area contributed by atoms with E-state index >= 15 is 0 Å². The normalized spacial score (nSPS) is 15.4. The molecule has 1 fully saturated rings. The first-order valence-corrected chi connectivity index (χ1v) is 7.02. The van der Waals surface area contributed by atoms with Crippen LogP contribution in [0.4, 0.5) is 0 Å². The maximum atomic E-state index is 12.1. The van der Waals surface area contributed by atoms with Gasteiger partial charge in [0.05, 0.1) is 19.8 Å². The van der Waals surface area contributed by atoms with E-state index in [1.54, 1.807) is 14.2 Å². The predicted molar refractivity (Wildman–Crippen MR) is 78.1 cm³/mol. The van der Waals surface area contributed by atoms with E-state index in [1.165, 1.54) is 0 Å². The number of hydrogen-bond acceptors (Lipinski definition) is 3. The van der Waals surface area contributed by atoms with E-state index in [4.69, 9.17) is 9.47 Å². The molecule has 0 aliphatic heterocycles. The van der Waals surface area contributed by atoms with Gasteiger partial charge in [0.1, 0.15) is 0 Å². The molecular weight excluding hydrogens is 254 g/mol. The highest BCUT2D eigenvalue weighted by Gasteiger charge is 2.31. The third-order valence-electron chi connectivity index (χ3n) is 4.02. The van der Waals surface area contributed by atoms with Crippen molar-refractivity contribution in [3.05, 3.63) is 23.8 Å². The summed E-state index contributed by atoms with van der Waals surface area (Å²) in [5.41, 5.74) is 0.578. The highest BCUT2D eigenvalue weighted by Crippen LogP contribution is 2.33. The summed E-state index contributed by atoms with van der Waals surface area (Å²) < 4.78 is 10.6. The van der Waals surface area contributed by atoms with Crippen LogP contribution in [0.1, 0.15) is 38.7 Å². The van der Waals surface area contributed by atoms with Crippen molar-refractivity contribution in [3.8, 4) is 11.5 Å². The molecule has 0 aromatic heterocycles. The summed E-state index contributed by atoms with van der Waals surface area (Å²) in [6.07, 6.45) is 3.18. The minimum absolute atomic E-state index is 0.149. The van der Waals surface area contributed by atoms with Gasteiger partial charge in [-0.3, -0.25) is 4.79 Å². The summed E-state index contributed by atoms with van der Waals surface area (Å²) in [6, 6.07) is 5.74. The Morgan fingerprint density at radius 2 is 1.85 bits per heavy atom. The molecule has 4 nitrogen and oxygen atoms in total. The molecule has 1 aliphatic carbocycles. The van der Waals surface area contributed by atoms with Crippen LogP contribution in [0, 0.1) is 5.92 Å². The lowest BCUT2D eigenvalue weighted by atomic mass is 9.83. The minimum atomic E-state index is -0.424. The van der Waals surface area contributed by atoms with Crippen LogP contribution in [0.2, 0.25) is 0 Å². The van der Waals surface area contributed by atoms with Crippen molar-refractivity contribution in [2.24, 2.45) is 5.92 Å². The van der Waals surface area contributed by atoms with Gasteiger partial charge in [-0.25, -0.2) is 0 Å². The number of methoxy groups -OCH3 is 2. The van der Waals surface area contributed by atoms with E-state index in [-0.39, 0.29) is 11.8 Å². The predicted octanol–water partition coefficient (Wildman–Crippen LogP) is 2.86. The van der Waals surface area contributed by atoms with Gasteiger partial charge in [0.2, 0.25) is 5.91 Å². The highest BCUT2D eigenvalue weighted by molar-refractivity contribution is 5.80. The number of nitrogens with one attached hydrogen (secondary N) is 1. The maximum absolute atomic E-state index is 12.1. The van der Waals surface area contributed by atoms with Crippen LogP contribution in [0.25, 0.3) is 0 Å². The van der Waals surface area contributed by atoms with Crippen molar-refractivity contribution in [1.82, 2.24) is 5.32 Å². The van der Waals surface area contributed by atoms with Crippen LogP contribution in [0.5, 0.6) is 11.5 Å². The lowest BCUT2D eigenvalue weighted by Crippen LogP contribution is -2.45. The van der Waals surface area contributed by atoms with Gasteiger partial charge in [0.15, 0.2) is 11.5 Å². The van der Waals surface area contributed by atoms with Crippen molar-refractivity contribution in [3.63, 3.8) is 0 Å². The van der Waals surface area contributed by atoms with Crippen LogP contribution in [-0.4, -0.2) is 20.1 Å². The number of benzene rings is 1. The Hall–Kier alpha value is -1.71. The third kappa shape index (κ3) is 2.89. The molecule has 0 unspecified atom stereocenters. The Morgan fingerprint density at radius 1 is 1.20 bits per heavy atom. The van der Waals surface area contributed by atoms with Crippen molar-refractivity contribution in [2.75, 3.05) is 14.2 Å². The third-order valence-corrected chi connectivity index (χ3v) is 4.02. The molecule has 1 aliphatic rings. The first kappa shape index (κ1) is 14.7. The number of carbonyl (C=O) groups is 1. The van der Waals surface area contributed by atoms with Crippen LogP contribution in [0.3, 0.4) is 0 Å². The monoisotopic (exact) mass is 277 g/mol. The summed E-state index contributed by atoms with van der Waals surface area (Å²) in [7, 11) is 3.22. The summed E-state index contributed by atoms with van der Waals surface area (Å²) >= 11 is 0. The van der Waals surface area contributed by atoms with Gasteiger partial charge in [0.25, 0.3) is 0 Å². The Bertz CT molecular complexity index is 492. The van der Waals surface area contributed by atoms with Crippen LogP contribution >= 0.6 is 0 Å². The molecule has 1 saturated carbocycles. The van der Waals surface area contributed by atoms with Crippen LogP contribution in [-0.2, 0) is 10.3 Å². The standard InChI is InChI=1S/C16H23NO3/c1-16(2,17-15(18)11-6-5-7-11)12-8-9-13(19-3)14(10-12)20-4/h8-11H,5-7H2,1-4H3,(H,17,18). The molecule has 110 valence electrons. The molecule has 0 radical (unpaired) electrons. The zero-order valence-electron chi connectivity index (χ0n) is 12.7. The molecule has 1 amide bonds. The number of rotatable bonds is 5. The first-order chi connectivity index (χ1) is 9.47. The van der Waals surface area contributed by atoms with Gasteiger partial charge in [0, 0.05) is 5.92 Å². The fourth-order valence-corrected chi connectivity index (χ4v) is 2.38. The second kappa shape index (κ2) is 5.73. The number of ether oxygens (including phenoxy) is 2. The summed E-state index contributed by atoms with van der Waals surface area (Å²) in [5, 5.41) is 3.13. The Balaban J connectivity index is 2.17. The largest absolute Gasteiger partial charge is 0.493 e. The smallest absolute Gasteiger partial charge is 0.223 e. The second-order valence-corrected chi connectivity index (χ2v) is 5.81. The first-order valence-electron chi connectivity index (χ1n) is 7.02. The molecule has 1 N–H and O–H groups in total. The SMILES string of the molecule is COc1ccc(C(C)(C)NC(=O)C2CCC2)cc1OC. The summed E-state index contributed by atoms with van der Waals surface area (Å²) in [4.78, 5) is 12.1. The molecule has 0 saturated heterocycles. The number of amides is 1. The topological polar surface area (TPSA) is 47.6 Å². The van der Waals surface area contributed by atoms with Crippen molar-refractivity contribution in [2.45, 2.75) is 38.6 Å². The molecule has 0 bridgehead atoms. The summed E-state index contributed by atoms with van der Waals surface area (Å²) in [6.45, 7) is 4.01. The van der Waals surface area contributed by atoms with Gasteiger partial charge in [-0.15, -0.1) is 0 Å². The van der Waals surface area contributed by atoms with Crippen molar-refractivity contribution in [1.29, 1.82) is 0 Å². The lowest BCUT2D eigenvalue weighted by Gasteiger charge is -2.32. The van der Waals surface area contributed by atoms with E-state index in [1.807, 2.05) is 32.0 Å². The summed E-state index contributed by atoms with van der Waals surface area (Å²) in [5.74, 6) is 1.71. The molecule has 4 heteroatoms. The molecule has 0 heterocycles. The molecular formula is C16H23NO3. The highest BCUT2D eigenvalue weighted by atomic mass is 16.5. The van der Waals surface area contributed by atoms with Gasteiger partial charge >= 0.3 is 0 Å². The fraction of sp³-hybridized carbons (Fsp3) is 0.562. The van der Waals surface area contributed by atoms with Crippen molar-refractivity contribution >= 4 is 5.91 Å². The minimum Gasteiger partial charge on any atom is -0.493 e. The van der Waals surface area contributed by atoms with Crippen molar-refractivity contribution < 1.29 is 14.3 Å². The van der Waals surface area contributed by atoms with E-state index in [0.29, 0.717) is 11.5 Å². The quantitative estimate of drug-likeness (QED) is 0.900. The average molecular weight is 277 g/mol. The number of hydrogen-bond donors (Lipinski definition) is 1. The van der Waals surface area contributed by atoms with Gasteiger partial charge in [-0.05, 0) is 44.4 Å². The maximum Gasteiger partial charge on any atom is 0.223 e. The van der Waals surface area contributed by atoms with Crippen LogP contribution < -0.4 is 14.8 Å². The van der Waals surface area contributed by atoms with E-state index in [2.05, 4.69) is 5.32 Å². The Labute approximate surface area is 120 Å². The molecule has 1 aromatic carbocycles. The lowest BCUT2D eigenvalue weighted by molar-refractivity contribution is -0.129. The Kier molecular flexibility index (Phi) is 4.21. The number of carbonyl (C=O) groups excluding carboxylic acids is 1. The van der Waals surface area contributed by atoms with Gasteiger partial charge < -0.3 is 14.8 Å².